The van der Waals surface area contributed by atoms with Gasteiger partial charge < -0.3 is 16.4 Å². The number of carbonyl (C=O) groups is 2. The Hall–Kier alpha value is -3.59. The molecule has 2 amide bonds. The molecule has 0 fully saturated rings. The van der Waals surface area contributed by atoms with Crippen molar-refractivity contribution in [2.45, 2.75) is 44.1 Å². The van der Waals surface area contributed by atoms with Crippen LogP contribution in [0.3, 0.4) is 0 Å². The van der Waals surface area contributed by atoms with E-state index in [0.717, 1.165) is 22.3 Å². The SMILES string of the molecule is CNC(=O)c1ccc2c(c1)CCc1cc(C(=O)NC)ccc1C2(CC(C)(C)N)c1nnn[nH]1. The van der Waals surface area contributed by atoms with E-state index in [-0.39, 0.29) is 11.8 Å². The van der Waals surface area contributed by atoms with Crippen molar-refractivity contribution in [2.75, 3.05) is 14.1 Å². The van der Waals surface area contributed by atoms with Crippen LogP contribution in [0.1, 0.15) is 69.1 Å². The van der Waals surface area contributed by atoms with E-state index in [1.54, 1.807) is 14.1 Å². The van der Waals surface area contributed by atoms with Gasteiger partial charge in [-0.25, -0.2) is 5.10 Å². The van der Waals surface area contributed by atoms with Gasteiger partial charge in [-0.05, 0) is 90.1 Å². The van der Waals surface area contributed by atoms with Crippen LogP contribution in [0.5, 0.6) is 0 Å². The number of aromatic amines is 1. The van der Waals surface area contributed by atoms with Gasteiger partial charge in [0.1, 0.15) is 0 Å². The number of nitrogens with zero attached hydrogens (tertiary/aromatic N) is 3. The second-order valence-corrected chi connectivity index (χ2v) is 9.22. The molecule has 172 valence electrons. The first kappa shape index (κ1) is 22.6. The van der Waals surface area contributed by atoms with Crippen LogP contribution in [0.15, 0.2) is 36.4 Å². The van der Waals surface area contributed by atoms with E-state index < -0.39 is 11.0 Å². The predicted molar refractivity (Wildman–Crippen MR) is 124 cm³/mol. The molecule has 1 aliphatic carbocycles. The third kappa shape index (κ3) is 4.00. The molecule has 0 atom stereocenters. The number of fused-ring (bicyclic) bond motifs is 2. The summed E-state index contributed by atoms with van der Waals surface area (Å²) in [5.41, 5.74) is 10.5. The first-order valence-corrected chi connectivity index (χ1v) is 10.9. The standard InChI is InChI=1S/C24H29N7O2/c1-23(2,25)13-24(22-28-30-31-29-22)18-9-7-16(20(32)26-3)11-14(18)5-6-15-12-17(21(33)27-4)8-10-19(15)24/h7-12H,5-6,13,25H2,1-4H3,(H,26,32)(H,27,33)(H,28,29,30,31). The molecule has 9 nitrogen and oxygen atoms in total. The highest BCUT2D eigenvalue weighted by Gasteiger charge is 2.46. The Kier molecular flexibility index (Phi) is 5.75. The molecule has 0 saturated carbocycles. The lowest BCUT2D eigenvalue weighted by Crippen LogP contribution is -2.44. The lowest BCUT2D eigenvalue weighted by atomic mass is 9.65. The van der Waals surface area contributed by atoms with E-state index >= 15 is 0 Å². The lowest BCUT2D eigenvalue weighted by Gasteiger charge is -2.39. The van der Waals surface area contributed by atoms with Crippen molar-refractivity contribution in [1.29, 1.82) is 0 Å². The van der Waals surface area contributed by atoms with Crippen molar-refractivity contribution >= 4 is 11.8 Å². The fourth-order valence-electron chi connectivity index (χ4n) is 4.97. The van der Waals surface area contributed by atoms with E-state index in [9.17, 15) is 9.59 Å². The molecule has 0 aliphatic heterocycles. The second kappa shape index (κ2) is 8.40. The third-order valence-corrected chi connectivity index (χ3v) is 6.24. The topological polar surface area (TPSA) is 139 Å². The van der Waals surface area contributed by atoms with E-state index in [4.69, 9.17) is 5.73 Å². The fourth-order valence-corrected chi connectivity index (χ4v) is 4.97. The van der Waals surface area contributed by atoms with Gasteiger partial charge in [-0.3, -0.25) is 9.59 Å². The molecule has 0 radical (unpaired) electrons. The highest BCUT2D eigenvalue weighted by Crippen LogP contribution is 2.48. The van der Waals surface area contributed by atoms with Crippen molar-refractivity contribution < 1.29 is 9.59 Å². The maximum Gasteiger partial charge on any atom is 0.251 e. The Bertz CT molecular complexity index is 1130. The maximum absolute atomic E-state index is 12.4. The number of amides is 2. The van der Waals surface area contributed by atoms with Crippen LogP contribution in [-0.2, 0) is 18.3 Å². The summed E-state index contributed by atoms with van der Waals surface area (Å²) in [7, 11) is 3.23. The molecule has 1 aromatic heterocycles. The van der Waals surface area contributed by atoms with E-state index in [2.05, 4.69) is 31.3 Å². The van der Waals surface area contributed by atoms with Gasteiger partial charge in [0.15, 0.2) is 5.82 Å². The predicted octanol–water partition coefficient (Wildman–Crippen LogP) is 1.48. The van der Waals surface area contributed by atoms with Crippen LogP contribution in [0, 0.1) is 0 Å². The number of tetrazole rings is 1. The zero-order valence-corrected chi connectivity index (χ0v) is 19.3. The Morgan fingerprint density at radius 2 is 1.52 bits per heavy atom. The molecule has 33 heavy (non-hydrogen) atoms. The summed E-state index contributed by atoms with van der Waals surface area (Å²) >= 11 is 0. The number of H-pyrrole nitrogens is 1. The number of aromatic nitrogens is 4. The minimum Gasteiger partial charge on any atom is -0.355 e. The zero-order chi connectivity index (χ0) is 23.8. The van der Waals surface area contributed by atoms with Crippen LogP contribution in [-0.4, -0.2) is 52.1 Å². The van der Waals surface area contributed by atoms with Crippen molar-refractivity contribution in [2.24, 2.45) is 5.73 Å². The molecular weight excluding hydrogens is 418 g/mol. The Morgan fingerprint density at radius 3 is 1.91 bits per heavy atom. The van der Waals surface area contributed by atoms with Crippen molar-refractivity contribution in [3.8, 4) is 0 Å². The third-order valence-electron chi connectivity index (χ3n) is 6.24. The number of benzene rings is 2. The van der Waals surface area contributed by atoms with Gasteiger partial charge >= 0.3 is 0 Å². The van der Waals surface area contributed by atoms with Crippen LogP contribution in [0.25, 0.3) is 0 Å². The van der Waals surface area contributed by atoms with Crippen molar-refractivity contribution in [1.82, 2.24) is 31.3 Å². The quantitative estimate of drug-likeness (QED) is 0.467. The number of aryl methyl sites for hydroxylation is 2. The molecule has 0 spiro atoms. The highest BCUT2D eigenvalue weighted by molar-refractivity contribution is 5.95. The molecule has 5 N–H and O–H groups in total. The summed E-state index contributed by atoms with van der Waals surface area (Å²) in [4.78, 5) is 24.7. The number of nitrogens with two attached hydrogens (primary N) is 1. The molecule has 4 rings (SSSR count). The Morgan fingerprint density at radius 1 is 1.00 bits per heavy atom. The van der Waals surface area contributed by atoms with Crippen LogP contribution in [0.2, 0.25) is 0 Å². The molecule has 3 aromatic rings. The maximum atomic E-state index is 12.4. The summed E-state index contributed by atoms with van der Waals surface area (Å²) in [5.74, 6) is 0.283. The minimum absolute atomic E-state index is 0.146. The van der Waals surface area contributed by atoms with E-state index in [0.29, 0.717) is 36.2 Å². The zero-order valence-electron chi connectivity index (χ0n) is 19.3. The van der Waals surface area contributed by atoms with Gasteiger partial charge in [0.05, 0.1) is 5.41 Å². The van der Waals surface area contributed by atoms with Crippen LogP contribution < -0.4 is 16.4 Å². The van der Waals surface area contributed by atoms with Gasteiger partial charge in [0, 0.05) is 30.8 Å². The smallest absolute Gasteiger partial charge is 0.251 e. The average molecular weight is 448 g/mol. The fraction of sp³-hybridized carbons (Fsp3) is 0.375. The lowest BCUT2D eigenvalue weighted by molar-refractivity contribution is 0.0955. The van der Waals surface area contributed by atoms with Gasteiger partial charge in [0.25, 0.3) is 11.8 Å². The Balaban J connectivity index is 2.05. The molecule has 1 heterocycles. The molecule has 0 unspecified atom stereocenters. The van der Waals surface area contributed by atoms with Gasteiger partial charge in [-0.15, -0.1) is 5.10 Å². The largest absolute Gasteiger partial charge is 0.355 e. The summed E-state index contributed by atoms with van der Waals surface area (Å²) in [6, 6.07) is 11.5. The van der Waals surface area contributed by atoms with Gasteiger partial charge in [-0.2, -0.15) is 0 Å². The highest BCUT2D eigenvalue weighted by atomic mass is 16.2. The first-order chi connectivity index (χ1) is 15.7. The van der Waals surface area contributed by atoms with E-state index in [1.165, 1.54) is 0 Å². The molecule has 0 bridgehead atoms. The monoisotopic (exact) mass is 447 g/mol. The summed E-state index contributed by atoms with van der Waals surface area (Å²) < 4.78 is 0. The average Bonchev–Trinajstić information content (AvgIpc) is 3.31. The van der Waals surface area contributed by atoms with Gasteiger partial charge in [0.2, 0.25) is 0 Å². The molecule has 0 saturated heterocycles. The summed E-state index contributed by atoms with van der Waals surface area (Å²) in [6.07, 6.45) is 1.90. The summed E-state index contributed by atoms with van der Waals surface area (Å²) in [6.45, 7) is 3.95. The minimum atomic E-state index is -0.786. The number of nitrogens with one attached hydrogen (secondary N) is 3. The molecule has 9 heteroatoms. The number of hydrogen-bond donors (Lipinski definition) is 4. The summed E-state index contributed by atoms with van der Waals surface area (Å²) in [5, 5.41) is 20.5. The molecule has 2 aromatic carbocycles. The van der Waals surface area contributed by atoms with Crippen LogP contribution >= 0.6 is 0 Å². The normalized spacial score (nSPS) is 14.6. The molecule has 1 aliphatic rings. The van der Waals surface area contributed by atoms with Crippen molar-refractivity contribution in [3.63, 3.8) is 0 Å². The van der Waals surface area contributed by atoms with Gasteiger partial charge in [-0.1, -0.05) is 12.1 Å². The first-order valence-electron chi connectivity index (χ1n) is 10.9. The van der Waals surface area contributed by atoms with E-state index in [1.807, 2.05) is 50.2 Å². The number of carbonyl (C=O) groups excluding carboxylic acids is 2. The number of rotatable bonds is 5. The number of hydrogen-bond acceptors (Lipinski definition) is 6. The molecular formula is C24H29N7O2. The second-order valence-electron chi connectivity index (χ2n) is 9.22. The Labute approximate surface area is 192 Å². The van der Waals surface area contributed by atoms with Crippen molar-refractivity contribution in [3.05, 3.63) is 75.6 Å². The van der Waals surface area contributed by atoms with Crippen LogP contribution in [0.4, 0.5) is 0 Å².